The van der Waals surface area contributed by atoms with Gasteiger partial charge in [-0.2, -0.15) is 9.97 Å². The molecule has 4 aliphatic heterocycles. The Kier molecular flexibility index (Phi) is 7.34. The van der Waals surface area contributed by atoms with Gasteiger partial charge in [0.15, 0.2) is 5.82 Å². The standard InChI is InChI=1S/C38H42FN7O3/c1-4-23-6-5-7-24-16-26(47)17-27(30(23)24)33-32(39)34-31-35(46-18-25-8-9-28(40-25)29(46)19-48-36(31)41-33)43-37(42-34)49-21-38(10-11-38)20-44-12-14-45(15-13-44)22(2)3/h1,5-7,16-17,22,25,28-29,40,47H,8-15,18-21H2,2-3H3/t25-,28+,29-/m1/s1. The highest BCUT2D eigenvalue weighted by atomic mass is 19.1. The van der Waals surface area contributed by atoms with E-state index in [-0.39, 0.29) is 46.3 Å². The minimum Gasteiger partial charge on any atom is -0.508 e. The number of nitrogens with zero attached hydrogens (tertiary/aromatic N) is 6. The predicted molar refractivity (Wildman–Crippen MR) is 187 cm³/mol. The monoisotopic (exact) mass is 663 g/mol. The number of nitrogens with one attached hydrogen (secondary N) is 1. The van der Waals surface area contributed by atoms with Crippen LogP contribution in [0.25, 0.3) is 32.9 Å². The molecule has 4 fully saturated rings. The molecule has 1 aliphatic carbocycles. The summed E-state index contributed by atoms with van der Waals surface area (Å²) in [6.45, 7) is 11.3. The van der Waals surface area contributed by atoms with E-state index in [0.29, 0.717) is 58.4 Å². The Hall–Kier alpha value is -4.24. The minimum absolute atomic E-state index is 0.000616. The first-order valence-corrected chi connectivity index (χ1v) is 17.7. The van der Waals surface area contributed by atoms with E-state index >= 15 is 4.39 Å². The highest BCUT2D eigenvalue weighted by Crippen LogP contribution is 2.48. The van der Waals surface area contributed by atoms with Gasteiger partial charge in [-0.15, -0.1) is 6.42 Å². The summed E-state index contributed by atoms with van der Waals surface area (Å²) in [6.07, 6.45) is 10.2. The molecule has 49 heavy (non-hydrogen) atoms. The molecule has 3 saturated heterocycles. The summed E-state index contributed by atoms with van der Waals surface area (Å²) < 4.78 is 30.0. The van der Waals surface area contributed by atoms with E-state index in [2.05, 4.69) is 39.8 Å². The molecule has 2 N–H and O–H groups in total. The fourth-order valence-electron chi connectivity index (χ4n) is 8.53. The molecule has 5 aliphatic rings. The van der Waals surface area contributed by atoms with Gasteiger partial charge in [0.1, 0.15) is 34.8 Å². The smallest absolute Gasteiger partial charge is 0.319 e. The maximum absolute atomic E-state index is 17.1. The maximum atomic E-state index is 17.1. The van der Waals surface area contributed by atoms with E-state index in [9.17, 15) is 5.11 Å². The number of fused-ring (bicyclic) bond motifs is 6. The number of ether oxygens (including phenoxy) is 2. The summed E-state index contributed by atoms with van der Waals surface area (Å²) in [4.78, 5) is 21.9. The lowest BCUT2D eigenvalue weighted by molar-refractivity contribution is 0.0805. The third kappa shape index (κ3) is 5.32. The normalized spacial score (nSPS) is 24.5. The maximum Gasteiger partial charge on any atom is 0.319 e. The van der Waals surface area contributed by atoms with Crippen LogP contribution in [0.5, 0.6) is 17.6 Å². The van der Waals surface area contributed by atoms with E-state index in [0.717, 1.165) is 65.0 Å². The summed E-state index contributed by atoms with van der Waals surface area (Å²) in [5, 5.41) is 16.2. The zero-order valence-electron chi connectivity index (χ0n) is 28.1. The fraction of sp³-hybridized carbons (Fsp3) is 0.500. The number of aromatic nitrogens is 3. The molecule has 2 aromatic carbocycles. The van der Waals surface area contributed by atoms with Crippen molar-refractivity contribution in [3.05, 3.63) is 41.7 Å². The molecule has 4 aromatic rings. The van der Waals surface area contributed by atoms with Crippen LogP contribution in [-0.2, 0) is 0 Å². The number of phenolic OH excluding ortho intramolecular Hbond substituents is 1. The van der Waals surface area contributed by atoms with Gasteiger partial charge in [-0.25, -0.2) is 9.37 Å². The van der Waals surface area contributed by atoms with Gasteiger partial charge < -0.3 is 29.7 Å². The Labute approximate surface area is 285 Å². The number of anilines is 1. The molecule has 2 bridgehead atoms. The summed E-state index contributed by atoms with van der Waals surface area (Å²) in [5.41, 5.74) is 1.11. The van der Waals surface area contributed by atoms with Gasteiger partial charge in [0.25, 0.3) is 0 Å². The molecular formula is C38H42FN7O3. The van der Waals surface area contributed by atoms with Crippen molar-refractivity contribution in [2.45, 2.75) is 63.7 Å². The molecular weight excluding hydrogens is 621 g/mol. The number of terminal acetylenes is 1. The summed E-state index contributed by atoms with van der Waals surface area (Å²) in [6, 6.07) is 9.87. The lowest BCUT2D eigenvalue weighted by Gasteiger charge is -2.40. The molecule has 11 heteroatoms. The highest BCUT2D eigenvalue weighted by molar-refractivity contribution is 6.04. The van der Waals surface area contributed by atoms with Crippen LogP contribution in [0.2, 0.25) is 0 Å². The third-order valence-corrected chi connectivity index (χ3v) is 11.5. The van der Waals surface area contributed by atoms with Crippen molar-refractivity contribution >= 4 is 27.5 Å². The Bertz CT molecular complexity index is 2000. The lowest BCUT2D eigenvalue weighted by Crippen LogP contribution is -2.60. The zero-order valence-corrected chi connectivity index (χ0v) is 28.1. The van der Waals surface area contributed by atoms with Crippen molar-refractivity contribution in [3.63, 3.8) is 0 Å². The van der Waals surface area contributed by atoms with Gasteiger partial charge in [0.05, 0.1) is 12.6 Å². The van der Waals surface area contributed by atoms with Crippen LogP contribution in [0.15, 0.2) is 30.3 Å². The molecule has 254 valence electrons. The molecule has 0 unspecified atom stereocenters. The number of benzene rings is 2. The second kappa shape index (κ2) is 11.7. The van der Waals surface area contributed by atoms with Crippen LogP contribution in [-0.4, -0.2) is 107 Å². The van der Waals surface area contributed by atoms with Gasteiger partial charge in [0, 0.05) is 79.3 Å². The lowest BCUT2D eigenvalue weighted by atomic mass is 9.96. The summed E-state index contributed by atoms with van der Waals surface area (Å²) in [7, 11) is 0. The molecule has 10 nitrogen and oxygen atoms in total. The number of rotatable bonds is 7. The Balaban J connectivity index is 1.12. The molecule has 3 atom stereocenters. The van der Waals surface area contributed by atoms with Gasteiger partial charge >= 0.3 is 6.01 Å². The molecule has 9 rings (SSSR count). The topological polar surface area (TPSA) is 99.1 Å². The Morgan fingerprint density at radius 1 is 1.12 bits per heavy atom. The first kappa shape index (κ1) is 30.8. The van der Waals surface area contributed by atoms with Crippen LogP contribution in [0.1, 0.15) is 45.1 Å². The second-order valence-electron chi connectivity index (χ2n) is 14.9. The number of hydrogen-bond donors (Lipinski definition) is 2. The van der Waals surface area contributed by atoms with E-state index in [4.69, 9.17) is 30.8 Å². The van der Waals surface area contributed by atoms with Gasteiger partial charge in [-0.3, -0.25) is 4.90 Å². The largest absolute Gasteiger partial charge is 0.508 e. The minimum atomic E-state index is -0.629. The summed E-state index contributed by atoms with van der Waals surface area (Å²) >= 11 is 0. The number of piperazine rings is 2. The first-order valence-electron chi connectivity index (χ1n) is 17.7. The van der Waals surface area contributed by atoms with Crippen molar-refractivity contribution in [1.82, 2.24) is 30.1 Å². The van der Waals surface area contributed by atoms with E-state index in [1.807, 2.05) is 12.1 Å². The quantitative estimate of drug-likeness (QED) is 0.274. The number of pyridine rings is 1. The van der Waals surface area contributed by atoms with Crippen LogP contribution in [0.4, 0.5) is 10.2 Å². The van der Waals surface area contributed by atoms with E-state index in [1.54, 1.807) is 12.1 Å². The zero-order chi connectivity index (χ0) is 33.4. The van der Waals surface area contributed by atoms with Crippen molar-refractivity contribution in [2.24, 2.45) is 5.41 Å². The SMILES string of the molecule is C#Cc1cccc2cc(O)cc(-c3nc4c5c(nc(OCC6(CN7CCN(C(C)C)CC7)CC6)nc5c3F)N3C[C@H]5CC[C@H](N5)[C@H]3CO4)c12. The van der Waals surface area contributed by atoms with Gasteiger partial charge in [-0.05, 0) is 63.1 Å². The average Bonchev–Trinajstić information content (AvgIpc) is 3.80. The Morgan fingerprint density at radius 3 is 2.73 bits per heavy atom. The fourth-order valence-corrected chi connectivity index (χ4v) is 8.53. The average molecular weight is 664 g/mol. The number of phenols is 1. The molecule has 0 amide bonds. The number of halogens is 1. The third-order valence-electron chi connectivity index (χ3n) is 11.5. The predicted octanol–water partition coefficient (Wildman–Crippen LogP) is 4.56. The molecule has 6 heterocycles. The van der Waals surface area contributed by atoms with Crippen molar-refractivity contribution < 1.29 is 19.0 Å². The molecule has 0 radical (unpaired) electrons. The van der Waals surface area contributed by atoms with Crippen molar-refractivity contribution in [1.29, 1.82) is 0 Å². The van der Waals surface area contributed by atoms with Gasteiger partial charge in [0.2, 0.25) is 5.88 Å². The van der Waals surface area contributed by atoms with E-state index < -0.39 is 5.82 Å². The summed E-state index contributed by atoms with van der Waals surface area (Å²) in [5.74, 6) is 2.95. The number of aromatic hydroxyl groups is 1. The molecule has 1 saturated carbocycles. The molecule has 0 spiro atoms. The van der Waals surface area contributed by atoms with Crippen LogP contribution in [0.3, 0.4) is 0 Å². The Morgan fingerprint density at radius 2 is 1.96 bits per heavy atom. The van der Waals surface area contributed by atoms with Gasteiger partial charge in [-0.1, -0.05) is 18.1 Å². The molecule has 2 aromatic heterocycles. The first-order chi connectivity index (χ1) is 23.8. The highest BCUT2D eigenvalue weighted by Gasteiger charge is 2.47. The van der Waals surface area contributed by atoms with Crippen molar-refractivity contribution in [2.75, 3.05) is 57.4 Å². The van der Waals surface area contributed by atoms with E-state index in [1.165, 1.54) is 6.07 Å². The van der Waals surface area contributed by atoms with Crippen LogP contribution in [0, 0.1) is 23.6 Å². The van der Waals surface area contributed by atoms with Crippen LogP contribution < -0.4 is 19.7 Å². The van der Waals surface area contributed by atoms with Crippen molar-refractivity contribution in [3.8, 4) is 41.2 Å². The second-order valence-corrected chi connectivity index (χ2v) is 14.9. The van der Waals surface area contributed by atoms with Crippen LogP contribution >= 0.6 is 0 Å². The number of hydrogen-bond acceptors (Lipinski definition) is 10.